The molecule has 23 heavy (non-hydrogen) atoms. The van der Waals surface area contributed by atoms with E-state index in [9.17, 15) is 9.18 Å². The number of aryl methyl sites for hydroxylation is 1. The molecule has 2 N–H and O–H groups in total. The Balaban J connectivity index is 2.23. The van der Waals surface area contributed by atoms with Gasteiger partial charge in [-0.25, -0.2) is 9.37 Å². The van der Waals surface area contributed by atoms with E-state index in [-0.39, 0.29) is 18.3 Å². The number of thiazole rings is 1. The average molecular weight is 336 g/mol. The second-order valence-electron chi connectivity index (χ2n) is 5.78. The fourth-order valence-electron chi connectivity index (χ4n) is 2.23. The summed E-state index contributed by atoms with van der Waals surface area (Å²) in [6, 6.07) is 6.05. The molecule has 1 amide bonds. The van der Waals surface area contributed by atoms with Crippen molar-refractivity contribution in [3.8, 4) is 10.6 Å². The summed E-state index contributed by atoms with van der Waals surface area (Å²) in [6.45, 7) is 5.69. The summed E-state index contributed by atoms with van der Waals surface area (Å²) in [5.74, 6) is -0.492. The number of rotatable bonds is 6. The quantitative estimate of drug-likeness (QED) is 0.848. The lowest BCUT2D eigenvalue weighted by atomic mass is 9.95. The minimum atomic E-state index is -0.446. The maximum Gasteiger partial charge on any atom is 0.263 e. The summed E-state index contributed by atoms with van der Waals surface area (Å²) in [7, 11) is 0. The smallest absolute Gasteiger partial charge is 0.263 e. The monoisotopic (exact) mass is 336 g/mol. The van der Waals surface area contributed by atoms with Crippen molar-refractivity contribution in [1.29, 1.82) is 0 Å². The first kappa shape index (κ1) is 17.6. The van der Waals surface area contributed by atoms with Gasteiger partial charge in [0.25, 0.3) is 5.91 Å². The number of aliphatic hydroxyl groups is 1. The van der Waals surface area contributed by atoms with E-state index < -0.39 is 5.54 Å². The van der Waals surface area contributed by atoms with E-state index in [1.807, 2.05) is 13.8 Å². The first-order valence-corrected chi connectivity index (χ1v) is 8.37. The van der Waals surface area contributed by atoms with Gasteiger partial charge in [-0.05, 0) is 51.0 Å². The van der Waals surface area contributed by atoms with Crippen LogP contribution in [0.1, 0.15) is 42.1 Å². The summed E-state index contributed by atoms with van der Waals surface area (Å²) in [5.41, 5.74) is 0.986. The van der Waals surface area contributed by atoms with Gasteiger partial charge < -0.3 is 10.4 Å². The molecule has 1 atom stereocenters. The van der Waals surface area contributed by atoms with Crippen molar-refractivity contribution in [3.05, 3.63) is 40.7 Å². The van der Waals surface area contributed by atoms with Crippen LogP contribution in [0.4, 0.5) is 4.39 Å². The van der Waals surface area contributed by atoms with Gasteiger partial charge in [0.05, 0.1) is 5.69 Å². The molecule has 2 aromatic rings. The van der Waals surface area contributed by atoms with Crippen LogP contribution >= 0.6 is 11.3 Å². The second-order valence-corrected chi connectivity index (χ2v) is 6.78. The van der Waals surface area contributed by atoms with E-state index in [0.717, 1.165) is 12.0 Å². The molecule has 0 spiro atoms. The third-order valence-electron chi connectivity index (χ3n) is 3.95. The van der Waals surface area contributed by atoms with E-state index in [1.165, 1.54) is 23.5 Å². The molecule has 0 aliphatic carbocycles. The van der Waals surface area contributed by atoms with Crippen LogP contribution in [0.3, 0.4) is 0 Å². The third kappa shape index (κ3) is 4.14. The lowest BCUT2D eigenvalue weighted by Gasteiger charge is -2.28. The normalized spacial score (nSPS) is 13.6. The molecule has 1 aromatic heterocycles. The molecule has 1 heterocycles. The second kappa shape index (κ2) is 7.19. The van der Waals surface area contributed by atoms with Crippen LogP contribution in [0.25, 0.3) is 10.6 Å². The highest BCUT2D eigenvalue weighted by atomic mass is 32.1. The Labute approximate surface area is 139 Å². The van der Waals surface area contributed by atoms with Crippen LogP contribution in [0.2, 0.25) is 0 Å². The van der Waals surface area contributed by atoms with E-state index in [1.54, 1.807) is 19.1 Å². The predicted molar refractivity (Wildman–Crippen MR) is 90.1 cm³/mol. The van der Waals surface area contributed by atoms with Crippen LogP contribution in [0.5, 0.6) is 0 Å². The number of carbonyl (C=O) groups is 1. The number of halogens is 1. The van der Waals surface area contributed by atoms with Crippen LogP contribution in [-0.2, 0) is 0 Å². The van der Waals surface area contributed by atoms with Gasteiger partial charge in [-0.3, -0.25) is 4.79 Å². The Hall–Kier alpha value is -1.79. The van der Waals surface area contributed by atoms with Gasteiger partial charge >= 0.3 is 0 Å². The molecule has 0 bridgehead atoms. The molecule has 0 saturated heterocycles. The van der Waals surface area contributed by atoms with Crippen molar-refractivity contribution in [2.24, 2.45) is 0 Å². The molecule has 0 aliphatic heterocycles. The van der Waals surface area contributed by atoms with Crippen molar-refractivity contribution in [2.45, 2.75) is 39.2 Å². The summed E-state index contributed by atoms with van der Waals surface area (Å²) in [4.78, 5) is 17.5. The van der Waals surface area contributed by atoms with Gasteiger partial charge in [-0.2, -0.15) is 0 Å². The van der Waals surface area contributed by atoms with Gasteiger partial charge in [0.2, 0.25) is 0 Å². The molecular weight excluding hydrogens is 315 g/mol. The molecule has 0 fully saturated rings. The number of aromatic nitrogens is 1. The molecular formula is C17H21FN2O2S. The van der Waals surface area contributed by atoms with Crippen molar-refractivity contribution >= 4 is 17.2 Å². The standard InChI is InChI=1S/C17H21FN2O2S/c1-4-17(3,9-10-21)20-15(22)14-11(2)19-16(23-14)12-5-7-13(18)8-6-12/h5-8,21H,4,9-10H2,1-3H3,(H,20,22). The molecule has 124 valence electrons. The summed E-state index contributed by atoms with van der Waals surface area (Å²) >= 11 is 1.29. The van der Waals surface area contributed by atoms with Gasteiger partial charge in [-0.15, -0.1) is 11.3 Å². The van der Waals surface area contributed by atoms with E-state index in [0.29, 0.717) is 22.0 Å². The fourth-order valence-corrected chi connectivity index (χ4v) is 3.20. The highest BCUT2D eigenvalue weighted by molar-refractivity contribution is 7.17. The number of amides is 1. The van der Waals surface area contributed by atoms with Crippen LogP contribution in [-0.4, -0.2) is 28.1 Å². The SMILES string of the molecule is CCC(C)(CCO)NC(=O)c1sc(-c2ccc(F)cc2)nc1C. The molecule has 1 unspecified atom stereocenters. The van der Waals surface area contributed by atoms with Gasteiger partial charge in [-0.1, -0.05) is 6.92 Å². The summed E-state index contributed by atoms with van der Waals surface area (Å²) in [5, 5.41) is 12.8. The lowest BCUT2D eigenvalue weighted by molar-refractivity contribution is 0.0889. The van der Waals surface area contributed by atoms with E-state index >= 15 is 0 Å². The number of benzene rings is 1. The molecule has 4 nitrogen and oxygen atoms in total. The molecule has 1 aromatic carbocycles. The summed E-state index contributed by atoms with van der Waals surface area (Å²) in [6.07, 6.45) is 1.22. The molecule has 0 saturated carbocycles. The van der Waals surface area contributed by atoms with Gasteiger partial charge in [0.15, 0.2) is 0 Å². The number of aliphatic hydroxyl groups excluding tert-OH is 1. The summed E-state index contributed by atoms with van der Waals surface area (Å²) < 4.78 is 13.0. The number of nitrogens with zero attached hydrogens (tertiary/aromatic N) is 1. The predicted octanol–water partition coefficient (Wildman–Crippen LogP) is 3.54. The van der Waals surface area contributed by atoms with Crippen LogP contribution in [0, 0.1) is 12.7 Å². The Morgan fingerprint density at radius 3 is 2.61 bits per heavy atom. The van der Waals surface area contributed by atoms with Crippen molar-refractivity contribution in [2.75, 3.05) is 6.61 Å². The van der Waals surface area contributed by atoms with Crippen molar-refractivity contribution in [3.63, 3.8) is 0 Å². The average Bonchev–Trinajstić information content (AvgIpc) is 2.90. The molecule has 2 rings (SSSR count). The largest absolute Gasteiger partial charge is 0.396 e. The highest BCUT2D eigenvalue weighted by Crippen LogP contribution is 2.28. The first-order chi connectivity index (χ1) is 10.9. The Bertz CT molecular complexity index is 684. The molecule has 6 heteroatoms. The maximum absolute atomic E-state index is 13.0. The number of hydrogen-bond donors (Lipinski definition) is 2. The minimum Gasteiger partial charge on any atom is -0.396 e. The zero-order valence-corrected chi connectivity index (χ0v) is 14.3. The Morgan fingerprint density at radius 1 is 1.39 bits per heavy atom. The fraction of sp³-hybridized carbons (Fsp3) is 0.412. The lowest BCUT2D eigenvalue weighted by Crippen LogP contribution is -2.46. The Kier molecular flexibility index (Phi) is 5.49. The van der Waals surface area contributed by atoms with E-state index in [2.05, 4.69) is 10.3 Å². The molecule has 0 radical (unpaired) electrons. The first-order valence-electron chi connectivity index (χ1n) is 7.55. The zero-order valence-electron chi connectivity index (χ0n) is 13.5. The van der Waals surface area contributed by atoms with Crippen LogP contribution < -0.4 is 5.32 Å². The highest BCUT2D eigenvalue weighted by Gasteiger charge is 2.26. The van der Waals surface area contributed by atoms with Gasteiger partial charge in [0.1, 0.15) is 15.7 Å². The minimum absolute atomic E-state index is 0.0210. The molecule has 0 aliphatic rings. The van der Waals surface area contributed by atoms with E-state index in [4.69, 9.17) is 5.11 Å². The number of hydrogen-bond acceptors (Lipinski definition) is 4. The van der Waals surface area contributed by atoms with Gasteiger partial charge in [0, 0.05) is 17.7 Å². The number of carbonyl (C=O) groups excluding carboxylic acids is 1. The number of nitrogens with one attached hydrogen (secondary N) is 1. The Morgan fingerprint density at radius 2 is 2.04 bits per heavy atom. The maximum atomic E-state index is 13.0. The van der Waals surface area contributed by atoms with Crippen LogP contribution in [0.15, 0.2) is 24.3 Å². The van der Waals surface area contributed by atoms with Crippen molar-refractivity contribution < 1.29 is 14.3 Å². The topological polar surface area (TPSA) is 62.2 Å². The zero-order chi connectivity index (χ0) is 17.0. The van der Waals surface area contributed by atoms with Crippen molar-refractivity contribution in [1.82, 2.24) is 10.3 Å². The third-order valence-corrected chi connectivity index (χ3v) is 5.16.